The number of benzene rings is 2. The third kappa shape index (κ3) is 4.27. The number of hydrogen-bond acceptors (Lipinski definition) is 5. The van der Waals surface area contributed by atoms with Gasteiger partial charge in [-0.1, -0.05) is 54.6 Å². The number of ether oxygens (including phenoxy) is 1. The standard InChI is InChI=1S/C23H19N5O3/c1-31-22(29)19-20(16-10-4-2-5-11-16)27-28(17-12-6-3-7-13-17)21(19)26-23(30)25-18-14-8-9-15-24-18/h2-15H,1H3,(H2,24,25,26,30). The Morgan fingerprint density at radius 1 is 0.871 bits per heavy atom. The van der Waals surface area contributed by atoms with Gasteiger partial charge in [0.15, 0.2) is 5.82 Å². The summed E-state index contributed by atoms with van der Waals surface area (Å²) in [5.74, 6) is -0.0619. The number of para-hydroxylation sites is 1. The van der Waals surface area contributed by atoms with Gasteiger partial charge >= 0.3 is 12.0 Å². The lowest BCUT2D eigenvalue weighted by Gasteiger charge is -2.11. The van der Waals surface area contributed by atoms with Gasteiger partial charge in [-0.25, -0.2) is 19.3 Å². The fourth-order valence-electron chi connectivity index (χ4n) is 3.07. The summed E-state index contributed by atoms with van der Waals surface area (Å²) in [6, 6.07) is 23.0. The highest BCUT2D eigenvalue weighted by molar-refractivity contribution is 6.07. The van der Waals surface area contributed by atoms with Crippen LogP contribution in [0.1, 0.15) is 10.4 Å². The summed E-state index contributed by atoms with van der Waals surface area (Å²) in [6.45, 7) is 0. The highest BCUT2D eigenvalue weighted by Crippen LogP contribution is 2.32. The van der Waals surface area contributed by atoms with Crippen molar-refractivity contribution in [2.75, 3.05) is 17.7 Å². The normalized spacial score (nSPS) is 10.4. The fraction of sp³-hybridized carbons (Fsp3) is 0.0435. The second-order valence-corrected chi connectivity index (χ2v) is 6.47. The summed E-state index contributed by atoms with van der Waals surface area (Å²) < 4.78 is 6.52. The van der Waals surface area contributed by atoms with Crippen molar-refractivity contribution in [1.82, 2.24) is 14.8 Å². The molecule has 4 aromatic rings. The zero-order chi connectivity index (χ0) is 21.6. The number of rotatable bonds is 5. The Kier molecular flexibility index (Phi) is 5.70. The molecule has 4 rings (SSSR count). The SMILES string of the molecule is COC(=O)c1c(-c2ccccc2)nn(-c2ccccc2)c1NC(=O)Nc1ccccn1. The highest BCUT2D eigenvalue weighted by Gasteiger charge is 2.27. The van der Waals surface area contributed by atoms with Crippen LogP contribution in [0, 0.1) is 0 Å². The summed E-state index contributed by atoms with van der Waals surface area (Å²) >= 11 is 0. The van der Waals surface area contributed by atoms with Gasteiger partial charge in [-0.15, -0.1) is 0 Å². The number of nitrogens with zero attached hydrogens (tertiary/aromatic N) is 3. The van der Waals surface area contributed by atoms with E-state index < -0.39 is 12.0 Å². The summed E-state index contributed by atoms with van der Waals surface area (Å²) in [5.41, 5.74) is 1.92. The zero-order valence-electron chi connectivity index (χ0n) is 16.6. The van der Waals surface area contributed by atoms with Crippen LogP contribution in [0.5, 0.6) is 0 Å². The van der Waals surface area contributed by atoms with E-state index in [9.17, 15) is 9.59 Å². The largest absolute Gasteiger partial charge is 0.465 e. The monoisotopic (exact) mass is 413 g/mol. The van der Waals surface area contributed by atoms with Crippen molar-refractivity contribution in [3.63, 3.8) is 0 Å². The Hall–Kier alpha value is -4.46. The minimum Gasteiger partial charge on any atom is -0.465 e. The van der Waals surface area contributed by atoms with Crippen molar-refractivity contribution < 1.29 is 14.3 Å². The molecule has 154 valence electrons. The molecule has 0 fully saturated rings. The topological polar surface area (TPSA) is 98.1 Å². The minimum atomic E-state index is -0.617. The fourth-order valence-corrected chi connectivity index (χ4v) is 3.07. The lowest BCUT2D eigenvalue weighted by atomic mass is 10.1. The van der Waals surface area contributed by atoms with E-state index in [4.69, 9.17) is 4.74 Å². The first kappa shape index (κ1) is 19.8. The average molecular weight is 413 g/mol. The van der Waals surface area contributed by atoms with Gasteiger partial charge in [-0.2, -0.15) is 5.10 Å². The number of anilines is 2. The minimum absolute atomic E-state index is 0.147. The smallest absolute Gasteiger partial charge is 0.343 e. The molecule has 8 heteroatoms. The van der Waals surface area contributed by atoms with Crippen LogP contribution in [0.2, 0.25) is 0 Å². The van der Waals surface area contributed by atoms with E-state index in [1.165, 1.54) is 11.8 Å². The molecule has 0 spiro atoms. The molecule has 0 aliphatic heterocycles. The number of nitrogens with one attached hydrogen (secondary N) is 2. The molecule has 2 aromatic carbocycles. The molecular weight excluding hydrogens is 394 g/mol. The molecular formula is C23H19N5O3. The number of amides is 2. The first-order valence-electron chi connectivity index (χ1n) is 9.48. The van der Waals surface area contributed by atoms with E-state index in [2.05, 4.69) is 20.7 Å². The number of hydrogen-bond donors (Lipinski definition) is 2. The van der Waals surface area contributed by atoms with Crippen molar-refractivity contribution in [3.05, 3.63) is 90.6 Å². The van der Waals surface area contributed by atoms with Gasteiger partial charge in [0, 0.05) is 11.8 Å². The van der Waals surface area contributed by atoms with Crippen LogP contribution >= 0.6 is 0 Å². The van der Waals surface area contributed by atoms with E-state index in [0.717, 1.165) is 0 Å². The van der Waals surface area contributed by atoms with E-state index in [1.807, 2.05) is 60.7 Å². The van der Waals surface area contributed by atoms with Gasteiger partial charge in [-0.05, 0) is 24.3 Å². The highest BCUT2D eigenvalue weighted by atomic mass is 16.5. The van der Waals surface area contributed by atoms with Crippen molar-refractivity contribution >= 4 is 23.6 Å². The third-order valence-electron chi connectivity index (χ3n) is 4.46. The number of carbonyl (C=O) groups excluding carboxylic acids is 2. The second kappa shape index (κ2) is 8.91. The van der Waals surface area contributed by atoms with Gasteiger partial charge in [0.1, 0.15) is 17.1 Å². The molecule has 2 amide bonds. The number of urea groups is 1. The van der Waals surface area contributed by atoms with Crippen molar-refractivity contribution in [3.8, 4) is 16.9 Å². The lowest BCUT2D eigenvalue weighted by molar-refractivity contribution is 0.0603. The maximum atomic E-state index is 12.8. The predicted octanol–water partition coefficient (Wildman–Crippen LogP) is 4.36. The summed E-state index contributed by atoms with van der Waals surface area (Å²) in [5, 5.41) is 10.0. The summed E-state index contributed by atoms with van der Waals surface area (Å²) in [6.07, 6.45) is 1.57. The van der Waals surface area contributed by atoms with Crippen LogP contribution < -0.4 is 10.6 Å². The molecule has 0 aliphatic carbocycles. The van der Waals surface area contributed by atoms with Crippen LogP contribution in [0.15, 0.2) is 85.1 Å². The third-order valence-corrected chi connectivity index (χ3v) is 4.46. The predicted molar refractivity (Wildman–Crippen MR) is 117 cm³/mol. The Morgan fingerprint density at radius 2 is 1.55 bits per heavy atom. The molecule has 2 N–H and O–H groups in total. The van der Waals surface area contributed by atoms with Crippen molar-refractivity contribution in [2.24, 2.45) is 0 Å². The summed E-state index contributed by atoms with van der Waals surface area (Å²) in [4.78, 5) is 29.6. The van der Waals surface area contributed by atoms with Gasteiger partial charge in [0.2, 0.25) is 0 Å². The van der Waals surface area contributed by atoms with Crippen molar-refractivity contribution in [1.29, 1.82) is 0 Å². The van der Waals surface area contributed by atoms with E-state index in [0.29, 0.717) is 22.8 Å². The van der Waals surface area contributed by atoms with Crippen LogP contribution in [0.25, 0.3) is 16.9 Å². The van der Waals surface area contributed by atoms with Gasteiger partial charge in [0.25, 0.3) is 0 Å². The Morgan fingerprint density at radius 3 is 2.19 bits per heavy atom. The molecule has 8 nitrogen and oxygen atoms in total. The quantitative estimate of drug-likeness (QED) is 0.474. The van der Waals surface area contributed by atoms with Crippen LogP contribution in [0.3, 0.4) is 0 Å². The summed E-state index contributed by atoms with van der Waals surface area (Å²) in [7, 11) is 1.29. The van der Waals surface area contributed by atoms with Crippen LogP contribution in [0.4, 0.5) is 16.4 Å². The van der Waals surface area contributed by atoms with E-state index >= 15 is 0 Å². The zero-order valence-corrected chi connectivity index (χ0v) is 16.6. The van der Waals surface area contributed by atoms with Crippen LogP contribution in [-0.4, -0.2) is 33.9 Å². The number of aromatic nitrogens is 3. The van der Waals surface area contributed by atoms with E-state index in [-0.39, 0.29) is 11.4 Å². The molecule has 0 radical (unpaired) electrons. The molecule has 0 saturated heterocycles. The molecule has 0 unspecified atom stereocenters. The van der Waals surface area contributed by atoms with E-state index in [1.54, 1.807) is 24.4 Å². The Bertz CT molecular complexity index is 1190. The first-order valence-corrected chi connectivity index (χ1v) is 9.48. The van der Waals surface area contributed by atoms with Crippen molar-refractivity contribution in [2.45, 2.75) is 0 Å². The number of methoxy groups -OCH3 is 1. The number of carbonyl (C=O) groups is 2. The molecule has 0 atom stereocenters. The Balaban J connectivity index is 1.83. The molecule has 0 saturated carbocycles. The molecule has 2 heterocycles. The van der Waals surface area contributed by atoms with Gasteiger partial charge < -0.3 is 4.74 Å². The number of esters is 1. The van der Waals surface area contributed by atoms with Gasteiger partial charge in [0.05, 0.1) is 12.8 Å². The number of pyridine rings is 1. The first-order chi connectivity index (χ1) is 15.2. The molecule has 2 aromatic heterocycles. The van der Waals surface area contributed by atoms with Crippen LogP contribution in [-0.2, 0) is 4.74 Å². The Labute approximate surface area is 178 Å². The maximum Gasteiger partial charge on any atom is 0.343 e. The molecule has 0 aliphatic rings. The molecule has 31 heavy (non-hydrogen) atoms. The molecule has 0 bridgehead atoms. The lowest BCUT2D eigenvalue weighted by Crippen LogP contribution is -2.23. The maximum absolute atomic E-state index is 12.8. The average Bonchev–Trinajstić information content (AvgIpc) is 3.19. The second-order valence-electron chi connectivity index (χ2n) is 6.47. The van der Waals surface area contributed by atoms with Gasteiger partial charge in [-0.3, -0.25) is 10.6 Å².